The molecule has 2 N–H and O–H groups in total. The van der Waals surface area contributed by atoms with Crippen LogP contribution in [0.4, 0.5) is 0 Å². The van der Waals surface area contributed by atoms with Crippen molar-refractivity contribution < 1.29 is 4.74 Å². The molecule has 0 aliphatic carbocycles. The second-order valence-corrected chi connectivity index (χ2v) is 9.75. The third kappa shape index (κ3) is 5.30. The molecule has 1 aromatic heterocycles. The van der Waals surface area contributed by atoms with Crippen molar-refractivity contribution in [3.63, 3.8) is 0 Å². The van der Waals surface area contributed by atoms with Crippen molar-refractivity contribution >= 4 is 23.0 Å². The molecule has 39 heavy (non-hydrogen) atoms. The molecule has 7 heteroatoms. The van der Waals surface area contributed by atoms with E-state index in [1.165, 1.54) is 0 Å². The van der Waals surface area contributed by atoms with Crippen LogP contribution in [0.15, 0.2) is 127 Å². The lowest BCUT2D eigenvalue weighted by atomic mass is 9.96. The van der Waals surface area contributed by atoms with Crippen molar-refractivity contribution in [3.05, 3.63) is 138 Å². The fraction of sp³-hybridized carbons (Fsp3) is 0.0938. The Morgan fingerprint density at radius 1 is 0.821 bits per heavy atom. The molecule has 192 valence electrons. The summed E-state index contributed by atoms with van der Waals surface area (Å²) in [5.74, 6) is 0.798. The van der Waals surface area contributed by atoms with Gasteiger partial charge in [0.2, 0.25) is 0 Å². The van der Waals surface area contributed by atoms with Gasteiger partial charge in [-0.3, -0.25) is 0 Å². The fourth-order valence-electron chi connectivity index (χ4n) is 4.78. The molecule has 0 radical (unpaired) electrons. The quantitative estimate of drug-likeness (QED) is 0.243. The highest BCUT2D eigenvalue weighted by Gasteiger charge is 2.34. The molecule has 6 nitrogen and oxygen atoms in total. The zero-order chi connectivity index (χ0) is 26.6. The molecule has 5 aromatic rings. The van der Waals surface area contributed by atoms with Crippen molar-refractivity contribution in [2.45, 2.75) is 19.1 Å². The van der Waals surface area contributed by atoms with E-state index in [0.717, 1.165) is 45.1 Å². The van der Waals surface area contributed by atoms with Crippen LogP contribution < -0.4 is 10.5 Å². The van der Waals surface area contributed by atoms with Gasteiger partial charge in [-0.05, 0) is 59.7 Å². The average Bonchev–Trinajstić information content (AvgIpc) is 3.64. The maximum Gasteiger partial charge on any atom is 0.187 e. The molecule has 0 fully saturated rings. The summed E-state index contributed by atoms with van der Waals surface area (Å²) in [7, 11) is 0. The highest BCUT2D eigenvalue weighted by molar-refractivity contribution is 7.80. The maximum absolute atomic E-state index is 6.18. The molecule has 1 aliphatic heterocycles. The largest absolute Gasteiger partial charge is 0.489 e. The van der Waals surface area contributed by atoms with Gasteiger partial charge in [0.05, 0.1) is 23.1 Å². The minimum absolute atomic E-state index is 0.181. The molecular formula is C32H27N5OS. The monoisotopic (exact) mass is 529 g/mol. The van der Waals surface area contributed by atoms with E-state index < -0.39 is 0 Å². The first-order chi connectivity index (χ1) is 19.2. The number of hydrogen-bond donors (Lipinski definition) is 1. The number of rotatable bonds is 7. The van der Waals surface area contributed by atoms with Crippen LogP contribution in [0.2, 0.25) is 0 Å². The molecule has 1 unspecified atom stereocenters. The number of hydrogen-bond acceptors (Lipinski definition) is 4. The summed E-state index contributed by atoms with van der Waals surface area (Å²) in [6, 6.07) is 38.2. The SMILES string of the molecule is NC(=S)N1N=C(c2ccccc2)CC1c1cn(-c2ccccc2)nc1-c1ccc(OCc2ccccc2)cc1. The van der Waals surface area contributed by atoms with Gasteiger partial charge in [-0.2, -0.15) is 10.2 Å². The first-order valence-corrected chi connectivity index (χ1v) is 13.2. The number of nitrogens with two attached hydrogens (primary N) is 1. The number of ether oxygens (including phenoxy) is 1. The molecule has 0 bridgehead atoms. The van der Waals surface area contributed by atoms with Gasteiger partial charge in [-0.1, -0.05) is 78.9 Å². The third-order valence-corrected chi connectivity index (χ3v) is 6.93. The fourth-order valence-corrected chi connectivity index (χ4v) is 4.95. The van der Waals surface area contributed by atoms with Gasteiger partial charge in [0.25, 0.3) is 0 Å². The lowest BCUT2D eigenvalue weighted by Crippen LogP contribution is -2.31. The van der Waals surface area contributed by atoms with Crippen LogP contribution in [0.5, 0.6) is 5.75 Å². The van der Waals surface area contributed by atoms with Crippen LogP contribution in [0.3, 0.4) is 0 Å². The van der Waals surface area contributed by atoms with Gasteiger partial charge in [0.1, 0.15) is 12.4 Å². The summed E-state index contributed by atoms with van der Waals surface area (Å²) >= 11 is 5.43. The Hall–Kier alpha value is -4.75. The van der Waals surface area contributed by atoms with Crippen molar-refractivity contribution in [1.82, 2.24) is 14.8 Å². The summed E-state index contributed by atoms with van der Waals surface area (Å²) in [6.07, 6.45) is 2.72. The van der Waals surface area contributed by atoms with Gasteiger partial charge < -0.3 is 10.5 Å². The Morgan fingerprint density at radius 2 is 1.46 bits per heavy atom. The van der Waals surface area contributed by atoms with E-state index >= 15 is 0 Å². The van der Waals surface area contributed by atoms with Crippen LogP contribution in [0.25, 0.3) is 16.9 Å². The van der Waals surface area contributed by atoms with E-state index in [2.05, 4.69) is 30.5 Å². The predicted molar refractivity (Wildman–Crippen MR) is 159 cm³/mol. The number of para-hydroxylation sites is 1. The third-order valence-electron chi connectivity index (χ3n) is 6.74. The lowest BCUT2D eigenvalue weighted by molar-refractivity contribution is 0.306. The normalized spacial score (nSPS) is 14.7. The summed E-state index contributed by atoms with van der Waals surface area (Å²) in [5.41, 5.74) is 13.1. The van der Waals surface area contributed by atoms with E-state index in [-0.39, 0.29) is 11.2 Å². The lowest BCUT2D eigenvalue weighted by Gasteiger charge is -2.21. The van der Waals surface area contributed by atoms with Gasteiger partial charge in [-0.25, -0.2) is 9.69 Å². The molecular weight excluding hydrogens is 502 g/mol. The molecule has 0 amide bonds. The van der Waals surface area contributed by atoms with Gasteiger partial charge in [0.15, 0.2) is 5.11 Å². The summed E-state index contributed by atoms with van der Waals surface area (Å²) < 4.78 is 7.92. The van der Waals surface area contributed by atoms with Crippen molar-refractivity contribution in [3.8, 4) is 22.7 Å². The zero-order valence-corrected chi connectivity index (χ0v) is 22.0. The van der Waals surface area contributed by atoms with E-state index in [1.807, 2.05) is 95.7 Å². The van der Waals surface area contributed by atoms with Crippen molar-refractivity contribution in [2.75, 3.05) is 0 Å². The van der Waals surface area contributed by atoms with Crippen LogP contribution in [-0.2, 0) is 6.61 Å². The summed E-state index contributed by atoms with van der Waals surface area (Å²) in [4.78, 5) is 0. The first kappa shape index (κ1) is 24.6. The maximum atomic E-state index is 6.18. The van der Waals surface area contributed by atoms with Gasteiger partial charge >= 0.3 is 0 Å². The Labute approximate surface area is 233 Å². The first-order valence-electron chi connectivity index (χ1n) is 12.8. The topological polar surface area (TPSA) is 68.7 Å². The molecule has 4 aromatic carbocycles. The number of nitrogens with zero attached hydrogens (tertiary/aromatic N) is 4. The van der Waals surface area contributed by atoms with E-state index in [4.69, 9.17) is 32.9 Å². The Balaban J connectivity index is 1.35. The summed E-state index contributed by atoms with van der Waals surface area (Å²) in [6.45, 7) is 0.513. The Bertz CT molecular complexity index is 1600. The minimum Gasteiger partial charge on any atom is -0.489 e. The number of aromatic nitrogens is 2. The smallest absolute Gasteiger partial charge is 0.187 e. The standard InChI is InChI=1S/C32H27N5OS/c33-32(39)37-30(20-29(34-37)24-12-6-2-7-13-24)28-21-36(26-14-8-3-9-15-26)35-31(28)25-16-18-27(19-17-25)38-22-23-10-4-1-5-11-23/h1-19,21,30H,20,22H2,(H2,33,39). The number of hydrazone groups is 1. The Kier molecular flexibility index (Phi) is 6.89. The zero-order valence-electron chi connectivity index (χ0n) is 21.2. The average molecular weight is 530 g/mol. The second-order valence-electron chi connectivity index (χ2n) is 9.33. The number of benzene rings is 4. The minimum atomic E-state index is -0.181. The van der Waals surface area contributed by atoms with E-state index in [0.29, 0.717) is 13.0 Å². The van der Waals surface area contributed by atoms with Gasteiger partial charge in [0, 0.05) is 23.7 Å². The molecule has 1 atom stereocenters. The highest BCUT2D eigenvalue weighted by atomic mass is 32.1. The molecule has 6 rings (SSSR count). The van der Waals surface area contributed by atoms with Gasteiger partial charge in [-0.15, -0.1) is 0 Å². The predicted octanol–water partition coefficient (Wildman–Crippen LogP) is 6.51. The van der Waals surface area contributed by atoms with Crippen LogP contribution in [-0.4, -0.2) is 25.6 Å². The van der Waals surface area contributed by atoms with E-state index in [1.54, 1.807) is 5.01 Å². The molecule has 0 saturated carbocycles. The highest BCUT2D eigenvalue weighted by Crippen LogP contribution is 2.38. The van der Waals surface area contributed by atoms with Crippen LogP contribution in [0, 0.1) is 0 Å². The molecule has 0 saturated heterocycles. The van der Waals surface area contributed by atoms with Crippen LogP contribution >= 0.6 is 12.2 Å². The second kappa shape index (κ2) is 10.9. The van der Waals surface area contributed by atoms with Crippen molar-refractivity contribution in [2.24, 2.45) is 10.8 Å². The summed E-state index contributed by atoms with van der Waals surface area (Å²) in [5, 5.41) is 11.8. The Morgan fingerprint density at radius 3 is 2.13 bits per heavy atom. The molecule has 2 heterocycles. The molecule has 0 spiro atoms. The van der Waals surface area contributed by atoms with Crippen molar-refractivity contribution in [1.29, 1.82) is 0 Å². The van der Waals surface area contributed by atoms with Crippen LogP contribution in [0.1, 0.15) is 29.2 Å². The number of thiocarbonyl (C=S) groups is 1. The molecule has 1 aliphatic rings. The van der Waals surface area contributed by atoms with E-state index in [9.17, 15) is 0 Å².